The highest BCUT2D eigenvalue weighted by Gasteiger charge is 2.05. The van der Waals surface area contributed by atoms with Crippen LogP contribution in [0.5, 0.6) is 5.75 Å². The van der Waals surface area contributed by atoms with Crippen LogP contribution >= 0.6 is 11.6 Å². The van der Waals surface area contributed by atoms with Crippen LogP contribution in [0.4, 0.5) is 0 Å². The molecule has 2 nitrogen and oxygen atoms in total. The third kappa shape index (κ3) is 3.50. The van der Waals surface area contributed by atoms with Gasteiger partial charge in [0.1, 0.15) is 5.75 Å². The molecule has 3 heteroatoms. The highest BCUT2D eigenvalue weighted by Crippen LogP contribution is 2.22. The number of rotatable bonds is 5. The van der Waals surface area contributed by atoms with Crippen LogP contribution in [0.1, 0.15) is 21.5 Å². The first kappa shape index (κ1) is 16.3. The molecule has 3 aromatic carbocycles. The summed E-state index contributed by atoms with van der Waals surface area (Å²) < 4.78 is 5.25. The van der Waals surface area contributed by atoms with E-state index in [1.165, 1.54) is 0 Å². The van der Waals surface area contributed by atoms with Gasteiger partial charge in [-0.3, -0.25) is 4.79 Å². The lowest BCUT2D eigenvalue weighted by molar-refractivity contribution is 0.104. The fourth-order valence-electron chi connectivity index (χ4n) is 2.62. The minimum Gasteiger partial charge on any atom is -0.496 e. The quantitative estimate of drug-likeness (QED) is 0.350. The van der Waals surface area contributed by atoms with Gasteiger partial charge in [0.2, 0.25) is 0 Å². The Morgan fingerprint density at radius 3 is 2.58 bits per heavy atom. The molecule has 0 heterocycles. The maximum atomic E-state index is 12.4. The van der Waals surface area contributed by atoms with Crippen molar-refractivity contribution in [3.8, 4) is 5.75 Å². The highest BCUT2D eigenvalue weighted by atomic mass is 35.5. The van der Waals surface area contributed by atoms with Crippen molar-refractivity contribution in [2.24, 2.45) is 0 Å². The molecule has 3 rings (SSSR count). The van der Waals surface area contributed by atoms with E-state index in [9.17, 15) is 4.79 Å². The number of ether oxygens (including phenoxy) is 1. The second-order valence-corrected chi connectivity index (χ2v) is 5.73. The molecule has 0 aliphatic carbocycles. The van der Waals surface area contributed by atoms with Gasteiger partial charge in [0.25, 0.3) is 0 Å². The topological polar surface area (TPSA) is 26.3 Å². The number of ketones is 1. The maximum Gasteiger partial charge on any atom is 0.185 e. The number of hydrogen-bond acceptors (Lipinski definition) is 2. The van der Waals surface area contributed by atoms with E-state index >= 15 is 0 Å². The molecule has 0 aliphatic heterocycles. The molecular formula is C21H17ClO2. The number of allylic oxidation sites excluding steroid dienone is 1. The summed E-state index contributed by atoms with van der Waals surface area (Å²) in [6, 6.07) is 19.4. The van der Waals surface area contributed by atoms with Crippen molar-refractivity contribution in [3.63, 3.8) is 0 Å². The van der Waals surface area contributed by atoms with Crippen molar-refractivity contribution < 1.29 is 9.53 Å². The summed E-state index contributed by atoms with van der Waals surface area (Å²) in [5.41, 5.74) is 2.50. The Labute approximate surface area is 146 Å². The molecule has 0 saturated carbocycles. The third-order valence-corrected chi connectivity index (χ3v) is 4.20. The maximum absolute atomic E-state index is 12.4. The molecule has 0 saturated heterocycles. The van der Waals surface area contributed by atoms with E-state index in [1.807, 2.05) is 60.7 Å². The van der Waals surface area contributed by atoms with Gasteiger partial charge in [0, 0.05) is 11.1 Å². The van der Waals surface area contributed by atoms with Crippen LogP contribution in [-0.2, 0) is 5.88 Å². The SMILES string of the molecule is COc1ccc(/C=C/C(=O)c2ccc3ccccc3c2)cc1CCl. The molecule has 0 spiro atoms. The Morgan fingerprint density at radius 1 is 1.04 bits per heavy atom. The predicted octanol–water partition coefficient (Wildman–Crippen LogP) is 5.48. The molecule has 0 atom stereocenters. The van der Waals surface area contributed by atoms with Gasteiger partial charge in [-0.05, 0) is 40.6 Å². The average molecular weight is 337 g/mol. The Bertz CT molecular complexity index is 913. The molecule has 0 aromatic heterocycles. The average Bonchev–Trinajstić information content (AvgIpc) is 2.65. The second-order valence-electron chi connectivity index (χ2n) is 5.46. The van der Waals surface area contributed by atoms with Crippen molar-refractivity contribution in [3.05, 3.63) is 83.4 Å². The van der Waals surface area contributed by atoms with Crippen LogP contribution in [0.15, 0.2) is 66.7 Å². The van der Waals surface area contributed by atoms with Crippen LogP contribution in [0.2, 0.25) is 0 Å². The van der Waals surface area contributed by atoms with Gasteiger partial charge in [-0.1, -0.05) is 48.5 Å². The van der Waals surface area contributed by atoms with E-state index in [1.54, 1.807) is 19.3 Å². The first-order chi connectivity index (χ1) is 11.7. The normalized spacial score (nSPS) is 11.1. The number of hydrogen-bond donors (Lipinski definition) is 0. The van der Waals surface area contributed by atoms with Crippen LogP contribution in [0, 0.1) is 0 Å². The third-order valence-electron chi connectivity index (χ3n) is 3.91. The Balaban J connectivity index is 1.83. The minimum absolute atomic E-state index is 0.0241. The van der Waals surface area contributed by atoms with Gasteiger partial charge in [0.05, 0.1) is 13.0 Å². The largest absolute Gasteiger partial charge is 0.496 e. The number of halogens is 1. The molecule has 0 bridgehead atoms. The van der Waals surface area contributed by atoms with Crippen LogP contribution in [-0.4, -0.2) is 12.9 Å². The number of alkyl halides is 1. The van der Waals surface area contributed by atoms with E-state index in [2.05, 4.69) is 0 Å². The number of carbonyl (C=O) groups excluding carboxylic acids is 1. The lowest BCUT2D eigenvalue weighted by Gasteiger charge is -2.06. The van der Waals surface area contributed by atoms with E-state index in [-0.39, 0.29) is 5.78 Å². The van der Waals surface area contributed by atoms with E-state index in [4.69, 9.17) is 16.3 Å². The minimum atomic E-state index is -0.0241. The molecule has 0 aliphatic rings. The van der Waals surface area contributed by atoms with Crippen LogP contribution in [0.25, 0.3) is 16.8 Å². The van der Waals surface area contributed by atoms with Gasteiger partial charge in [-0.25, -0.2) is 0 Å². The molecule has 24 heavy (non-hydrogen) atoms. The van der Waals surface area contributed by atoms with Crippen LogP contribution < -0.4 is 4.74 Å². The zero-order chi connectivity index (χ0) is 16.9. The van der Waals surface area contributed by atoms with Crippen molar-refractivity contribution >= 4 is 34.2 Å². The van der Waals surface area contributed by atoms with Crippen LogP contribution in [0.3, 0.4) is 0 Å². The van der Waals surface area contributed by atoms with Gasteiger partial charge >= 0.3 is 0 Å². The number of fused-ring (bicyclic) bond motifs is 1. The highest BCUT2D eigenvalue weighted by molar-refractivity contribution is 6.17. The lowest BCUT2D eigenvalue weighted by Crippen LogP contribution is -1.94. The standard InChI is InChI=1S/C21H17ClO2/c1-24-21-11-7-15(12-19(21)14-22)6-10-20(23)18-9-8-16-4-2-3-5-17(16)13-18/h2-13H,14H2,1H3/b10-6+. The zero-order valence-corrected chi connectivity index (χ0v) is 14.1. The predicted molar refractivity (Wildman–Crippen MR) is 99.9 cm³/mol. The van der Waals surface area contributed by atoms with E-state index < -0.39 is 0 Å². The number of carbonyl (C=O) groups is 1. The Hall–Kier alpha value is -2.58. The second kappa shape index (κ2) is 7.33. The number of benzene rings is 3. The molecule has 0 amide bonds. The summed E-state index contributed by atoms with van der Waals surface area (Å²) in [6.07, 6.45) is 3.39. The number of methoxy groups -OCH3 is 1. The zero-order valence-electron chi connectivity index (χ0n) is 13.3. The summed E-state index contributed by atoms with van der Waals surface area (Å²) in [5, 5.41) is 2.19. The van der Waals surface area contributed by atoms with Crippen molar-refractivity contribution in [2.45, 2.75) is 5.88 Å². The molecule has 0 N–H and O–H groups in total. The molecule has 0 unspecified atom stereocenters. The Morgan fingerprint density at radius 2 is 1.83 bits per heavy atom. The summed E-state index contributed by atoms with van der Waals surface area (Å²) in [7, 11) is 1.62. The first-order valence-electron chi connectivity index (χ1n) is 7.65. The molecule has 3 aromatic rings. The van der Waals surface area contributed by atoms with Crippen molar-refractivity contribution in [1.82, 2.24) is 0 Å². The Kier molecular flexibility index (Phi) is 4.97. The van der Waals surface area contributed by atoms with E-state index in [0.29, 0.717) is 11.4 Å². The van der Waals surface area contributed by atoms with Gasteiger partial charge in [-0.15, -0.1) is 11.6 Å². The summed E-state index contributed by atoms with van der Waals surface area (Å²) in [5.74, 6) is 1.09. The summed E-state index contributed by atoms with van der Waals surface area (Å²) >= 11 is 5.93. The van der Waals surface area contributed by atoms with Gasteiger partial charge in [-0.2, -0.15) is 0 Å². The summed E-state index contributed by atoms with van der Waals surface area (Å²) in [4.78, 5) is 12.4. The lowest BCUT2D eigenvalue weighted by atomic mass is 10.0. The summed E-state index contributed by atoms with van der Waals surface area (Å²) in [6.45, 7) is 0. The fraction of sp³-hybridized carbons (Fsp3) is 0.0952. The van der Waals surface area contributed by atoms with Crippen molar-refractivity contribution in [1.29, 1.82) is 0 Å². The first-order valence-corrected chi connectivity index (χ1v) is 8.19. The van der Waals surface area contributed by atoms with Crippen molar-refractivity contribution in [2.75, 3.05) is 7.11 Å². The van der Waals surface area contributed by atoms with Gasteiger partial charge < -0.3 is 4.74 Å². The van der Waals surface area contributed by atoms with Gasteiger partial charge in [0.15, 0.2) is 5.78 Å². The smallest absolute Gasteiger partial charge is 0.185 e. The molecule has 0 fully saturated rings. The molecule has 120 valence electrons. The van der Waals surface area contributed by atoms with E-state index in [0.717, 1.165) is 27.6 Å². The molecular weight excluding hydrogens is 320 g/mol. The fourth-order valence-corrected chi connectivity index (χ4v) is 2.83. The molecule has 0 radical (unpaired) electrons. The monoisotopic (exact) mass is 336 g/mol.